The van der Waals surface area contributed by atoms with Crippen molar-refractivity contribution in [3.05, 3.63) is 0 Å². The van der Waals surface area contributed by atoms with E-state index < -0.39 is 0 Å². The first-order valence-corrected chi connectivity index (χ1v) is 7.51. The summed E-state index contributed by atoms with van der Waals surface area (Å²) in [5.41, 5.74) is 0. The third-order valence-corrected chi connectivity index (χ3v) is 3.85. The molecular weight excluding hydrogens is 210 g/mol. The zero-order chi connectivity index (χ0) is 12.5. The monoisotopic (exact) mass is 241 g/mol. The van der Waals surface area contributed by atoms with Crippen molar-refractivity contribution in [1.82, 2.24) is 5.32 Å². The standard InChI is InChI=1S/C15H31NO/c1-13(2)8-6-4-5-7-10-16-14(3)15-9-11-17-12-15/h13-16H,4-12H2,1-3H3. The fourth-order valence-electron chi connectivity index (χ4n) is 2.47. The van der Waals surface area contributed by atoms with Crippen LogP contribution in [0.25, 0.3) is 0 Å². The molecule has 2 nitrogen and oxygen atoms in total. The highest BCUT2D eigenvalue weighted by molar-refractivity contribution is 4.75. The Morgan fingerprint density at radius 3 is 2.53 bits per heavy atom. The van der Waals surface area contributed by atoms with Gasteiger partial charge in [0, 0.05) is 12.6 Å². The molecule has 0 radical (unpaired) electrons. The second-order valence-corrected chi connectivity index (χ2v) is 5.96. The van der Waals surface area contributed by atoms with E-state index in [-0.39, 0.29) is 0 Å². The molecule has 0 aromatic heterocycles. The third-order valence-electron chi connectivity index (χ3n) is 3.85. The first kappa shape index (κ1) is 15.0. The van der Waals surface area contributed by atoms with E-state index in [2.05, 4.69) is 26.1 Å². The molecule has 2 heteroatoms. The van der Waals surface area contributed by atoms with Crippen LogP contribution in [0, 0.1) is 11.8 Å². The predicted molar refractivity (Wildman–Crippen MR) is 74.3 cm³/mol. The van der Waals surface area contributed by atoms with E-state index in [0.29, 0.717) is 6.04 Å². The van der Waals surface area contributed by atoms with Gasteiger partial charge < -0.3 is 10.1 Å². The van der Waals surface area contributed by atoms with Gasteiger partial charge in [-0.2, -0.15) is 0 Å². The number of nitrogens with one attached hydrogen (secondary N) is 1. The van der Waals surface area contributed by atoms with Crippen LogP contribution in [0.2, 0.25) is 0 Å². The highest BCUT2D eigenvalue weighted by Crippen LogP contribution is 2.16. The molecule has 0 aliphatic carbocycles. The first-order chi connectivity index (χ1) is 8.20. The molecule has 1 rings (SSSR count). The zero-order valence-electron chi connectivity index (χ0n) is 12.0. The van der Waals surface area contributed by atoms with Crippen molar-refractivity contribution in [2.45, 2.75) is 65.3 Å². The lowest BCUT2D eigenvalue weighted by Crippen LogP contribution is -2.34. The van der Waals surface area contributed by atoms with Gasteiger partial charge in [-0.3, -0.25) is 0 Å². The average Bonchev–Trinajstić information content (AvgIpc) is 2.80. The number of unbranched alkanes of at least 4 members (excludes halogenated alkanes) is 3. The van der Waals surface area contributed by atoms with Crippen molar-refractivity contribution in [1.29, 1.82) is 0 Å². The normalized spacial score (nSPS) is 22.2. The molecule has 2 unspecified atom stereocenters. The van der Waals surface area contributed by atoms with Crippen LogP contribution in [0.15, 0.2) is 0 Å². The number of hydrogen-bond donors (Lipinski definition) is 1. The average molecular weight is 241 g/mol. The summed E-state index contributed by atoms with van der Waals surface area (Å²) in [6, 6.07) is 0.633. The van der Waals surface area contributed by atoms with E-state index >= 15 is 0 Å². The molecule has 1 fully saturated rings. The molecule has 0 saturated carbocycles. The highest BCUT2D eigenvalue weighted by Gasteiger charge is 2.21. The van der Waals surface area contributed by atoms with Crippen LogP contribution in [0.1, 0.15) is 59.3 Å². The minimum atomic E-state index is 0.633. The smallest absolute Gasteiger partial charge is 0.0509 e. The number of hydrogen-bond acceptors (Lipinski definition) is 2. The highest BCUT2D eigenvalue weighted by atomic mass is 16.5. The predicted octanol–water partition coefficient (Wildman–Crippen LogP) is 3.61. The summed E-state index contributed by atoms with van der Waals surface area (Å²) in [7, 11) is 0. The molecule has 1 aliphatic rings. The van der Waals surface area contributed by atoms with Gasteiger partial charge in [0.15, 0.2) is 0 Å². The summed E-state index contributed by atoms with van der Waals surface area (Å²) in [4.78, 5) is 0. The maximum atomic E-state index is 5.42. The van der Waals surface area contributed by atoms with Gasteiger partial charge in [0.05, 0.1) is 6.61 Å². The maximum absolute atomic E-state index is 5.42. The zero-order valence-corrected chi connectivity index (χ0v) is 12.0. The second kappa shape index (κ2) is 8.93. The Hall–Kier alpha value is -0.0800. The van der Waals surface area contributed by atoms with Gasteiger partial charge in [-0.15, -0.1) is 0 Å². The summed E-state index contributed by atoms with van der Waals surface area (Å²) < 4.78 is 5.42. The molecule has 0 spiro atoms. The maximum Gasteiger partial charge on any atom is 0.0509 e. The molecule has 1 N–H and O–H groups in total. The van der Waals surface area contributed by atoms with Crippen LogP contribution >= 0.6 is 0 Å². The largest absolute Gasteiger partial charge is 0.381 e. The summed E-state index contributed by atoms with van der Waals surface area (Å²) >= 11 is 0. The van der Waals surface area contributed by atoms with Crippen molar-refractivity contribution in [2.24, 2.45) is 11.8 Å². The Morgan fingerprint density at radius 1 is 1.12 bits per heavy atom. The summed E-state index contributed by atoms with van der Waals surface area (Å²) in [5, 5.41) is 3.64. The van der Waals surface area contributed by atoms with Crippen molar-refractivity contribution in [3.8, 4) is 0 Å². The Bertz CT molecular complexity index is 176. The lowest BCUT2D eigenvalue weighted by molar-refractivity contribution is 0.178. The number of rotatable bonds is 9. The van der Waals surface area contributed by atoms with Crippen molar-refractivity contribution < 1.29 is 4.74 Å². The van der Waals surface area contributed by atoms with Gasteiger partial charge in [-0.05, 0) is 38.1 Å². The van der Waals surface area contributed by atoms with Crippen LogP contribution in [0.3, 0.4) is 0 Å². The molecule has 0 bridgehead atoms. The van der Waals surface area contributed by atoms with Gasteiger partial charge in [0.1, 0.15) is 0 Å². The fraction of sp³-hybridized carbons (Fsp3) is 1.00. The molecular formula is C15H31NO. The Kier molecular flexibility index (Phi) is 7.87. The molecule has 0 aromatic rings. The topological polar surface area (TPSA) is 21.3 Å². The first-order valence-electron chi connectivity index (χ1n) is 7.51. The molecule has 2 atom stereocenters. The van der Waals surface area contributed by atoms with Crippen LogP contribution < -0.4 is 5.32 Å². The molecule has 17 heavy (non-hydrogen) atoms. The summed E-state index contributed by atoms with van der Waals surface area (Å²) in [6.07, 6.45) is 8.15. The van der Waals surface area contributed by atoms with Crippen molar-refractivity contribution >= 4 is 0 Å². The van der Waals surface area contributed by atoms with Crippen LogP contribution in [-0.2, 0) is 4.74 Å². The second-order valence-electron chi connectivity index (χ2n) is 5.96. The lowest BCUT2D eigenvalue weighted by atomic mass is 10.0. The van der Waals surface area contributed by atoms with E-state index in [4.69, 9.17) is 4.74 Å². The quantitative estimate of drug-likeness (QED) is 0.623. The molecule has 1 saturated heterocycles. The Balaban J connectivity index is 1.86. The fourth-order valence-corrected chi connectivity index (χ4v) is 2.47. The summed E-state index contributed by atoms with van der Waals surface area (Å²) in [6.45, 7) is 10.0. The van der Waals surface area contributed by atoms with E-state index in [1.54, 1.807) is 0 Å². The van der Waals surface area contributed by atoms with Crippen molar-refractivity contribution in [3.63, 3.8) is 0 Å². The molecule has 0 aromatic carbocycles. The molecule has 102 valence electrons. The van der Waals surface area contributed by atoms with E-state index in [1.165, 1.54) is 45.1 Å². The number of ether oxygens (including phenoxy) is 1. The van der Waals surface area contributed by atoms with Gasteiger partial charge in [-0.25, -0.2) is 0 Å². The van der Waals surface area contributed by atoms with Crippen molar-refractivity contribution in [2.75, 3.05) is 19.8 Å². The van der Waals surface area contributed by atoms with Crippen LogP contribution in [0.4, 0.5) is 0 Å². The molecule has 1 heterocycles. The minimum Gasteiger partial charge on any atom is -0.381 e. The van der Waals surface area contributed by atoms with Gasteiger partial charge in [0.2, 0.25) is 0 Å². The van der Waals surface area contributed by atoms with Gasteiger partial charge >= 0.3 is 0 Å². The van der Waals surface area contributed by atoms with E-state index in [9.17, 15) is 0 Å². The van der Waals surface area contributed by atoms with E-state index in [1.807, 2.05) is 0 Å². The van der Waals surface area contributed by atoms with E-state index in [0.717, 1.165) is 25.0 Å². The SMILES string of the molecule is CC(C)CCCCCCNC(C)C1CCOC1. The van der Waals surface area contributed by atoms with Gasteiger partial charge in [-0.1, -0.05) is 39.5 Å². The third kappa shape index (κ3) is 7.05. The lowest BCUT2D eigenvalue weighted by Gasteiger charge is -2.19. The van der Waals surface area contributed by atoms with Crippen LogP contribution in [-0.4, -0.2) is 25.8 Å². The van der Waals surface area contributed by atoms with Gasteiger partial charge in [0.25, 0.3) is 0 Å². The molecule has 1 aliphatic heterocycles. The summed E-state index contributed by atoms with van der Waals surface area (Å²) in [5.74, 6) is 1.62. The Morgan fingerprint density at radius 2 is 1.88 bits per heavy atom. The molecule has 0 amide bonds. The van der Waals surface area contributed by atoms with Crippen LogP contribution in [0.5, 0.6) is 0 Å². The minimum absolute atomic E-state index is 0.633. The Labute approximate surface area is 108 Å².